The van der Waals surface area contributed by atoms with Crippen molar-refractivity contribution in [2.24, 2.45) is 5.41 Å². The second-order valence-electron chi connectivity index (χ2n) is 8.92. The van der Waals surface area contributed by atoms with Crippen LogP contribution in [0, 0.1) is 5.41 Å². The number of nitrogens with one attached hydrogen (secondary N) is 1. The van der Waals surface area contributed by atoms with Crippen LogP contribution in [0.1, 0.15) is 37.9 Å². The summed E-state index contributed by atoms with van der Waals surface area (Å²) in [5.74, 6) is 1.48. The predicted octanol–water partition coefficient (Wildman–Crippen LogP) is 5.58. The molecule has 4 aromatic rings. The number of hydrogen-bond donors (Lipinski definition) is 1. The van der Waals surface area contributed by atoms with Crippen molar-refractivity contribution in [2.45, 2.75) is 38.5 Å². The van der Waals surface area contributed by atoms with Crippen molar-refractivity contribution in [3.05, 3.63) is 90.2 Å². The molecule has 0 aliphatic heterocycles. The molecule has 4 rings (SSSR count). The van der Waals surface area contributed by atoms with Gasteiger partial charge in [-0.25, -0.2) is 0 Å². The Morgan fingerprint density at radius 2 is 1.70 bits per heavy atom. The van der Waals surface area contributed by atoms with Crippen LogP contribution in [0.4, 0.5) is 0 Å². The maximum Gasteiger partial charge on any atom is 0.230 e. The molecule has 1 atom stereocenters. The molecule has 0 aliphatic carbocycles. The minimum Gasteiger partial charge on any atom is -0.461 e. The highest BCUT2D eigenvalue weighted by atomic mass is 32.2. The van der Waals surface area contributed by atoms with Crippen LogP contribution in [0.15, 0.2) is 88.6 Å². The molecule has 170 valence electrons. The number of furan rings is 1. The Morgan fingerprint density at radius 3 is 2.33 bits per heavy atom. The topological polar surface area (TPSA) is 73.0 Å². The monoisotopic (exact) mass is 460 g/mol. The van der Waals surface area contributed by atoms with Crippen molar-refractivity contribution >= 4 is 17.7 Å². The molecular weight excluding hydrogens is 432 g/mol. The number of carbonyl (C=O) groups excluding carboxylic acids is 1. The third-order valence-corrected chi connectivity index (χ3v) is 6.25. The summed E-state index contributed by atoms with van der Waals surface area (Å²) in [5.41, 5.74) is 2.09. The van der Waals surface area contributed by atoms with Crippen LogP contribution in [0.3, 0.4) is 0 Å². The summed E-state index contributed by atoms with van der Waals surface area (Å²) in [6, 6.07) is 23.8. The maximum absolute atomic E-state index is 12.9. The molecule has 1 amide bonds. The van der Waals surface area contributed by atoms with Gasteiger partial charge in [0.05, 0.1) is 24.6 Å². The molecule has 0 saturated carbocycles. The lowest BCUT2D eigenvalue weighted by molar-refractivity contribution is -0.120. The molecule has 0 aliphatic rings. The molecule has 6 nitrogen and oxygen atoms in total. The van der Waals surface area contributed by atoms with Crippen LogP contribution in [-0.4, -0.2) is 26.4 Å². The molecule has 0 radical (unpaired) electrons. The Hall–Kier alpha value is -3.32. The summed E-state index contributed by atoms with van der Waals surface area (Å²) in [7, 11) is 0. The zero-order valence-corrected chi connectivity index (χ0v) is 19.9. The molecule has 7 heteroatoms. The zero-order chi connectivity index (χ0) is 23.3. The number of benzene rings is 2. The number of amides is 1. The fourth-order valence-corrected chi connectivity index (χ4v) is 4.42. The van der Waals surface area contributed by atoms with Crippen LogP contribution in [0.2, 0.25) is 0 Å². The lowest BCUT2D eigenvalue weighted by Gasteiger charge is -2.32. The lowest BCUT2D eigenvalue weighted by atomic mass is 9.82. The molecule has 0 bridgehead atoms. The third-order valence-electron chi connectivity index (χ3n) is 5.28. The maximum atomic E-state index is 12.9. The molecule has 2 aromatic heterocycles. The van der Waals surface area contributed by atoms with Gasteiger partial charge >= 0.3 is 0 Å². The molecule has 2 aromatic carbocycles. The number of rotatable bonds is 8. The Labute approximate surface area is 198 Å². The van der Waals surface area contributed by atoms with Crippen LogP contribution < -0.4 is 5.32 Å². The van der Waals surface area contributed by atoms with Crippen LogP contribution in [-0.2, 0) is 11.3 Å². The Morgan fingerprint density at radius 1 is 1.00 bits per heavy atom. The Bertz CT molecular complexity index is 1170. The Balaban J connectivity index is 1.51. The van der Waals surface area contributed by atoms with Gasteiger partial charge in [0, 0.05) is 0 Å². The normalized spacial score (nSPS) is 12.5. The summed E-state index contributed by atoms with van der Waals surface area (Å²) in [4.78, 5) is 12.9. The minimum atomic E-state index is -0.124. The SMILES string of the molecule is CC(C)(C)C(NC(=O)CSc1nnc(-c2ccco2)n1Cc1ccccc1)c1ccccc1. The standard InChI is InChI=1S/C26H28N4O2S/c1-26(2,3)23(20-13-8-5-9-14-20)27-22(31)18-33-25-29-28-24(21-15-10-16-32-21)30(25)17-19-11-6-4-7-12-19/h4-16,23H,17-18H2,1-3H3,(H,27,31). The van der Waals surface area contributed by atoms with E-state index in [0.29, 0.717) is 23.3 Å². The summed E-state index contributed by atoms with van der Waals surface area (Å²) in [6.45, 7) is 6.97. The van der Waals surface area contributed by atoms with Crippen molar-refractivity contribution in [1.29, 1.82) is 0 Å². The van der Waals surface area contributed by atoms with Crippen LogP contribution in [0.25, 0.3) is 11.6 Å². The average Bonchev–Trinajstić information content (AvgIpc) is 3.47. The quantitative estimate of drug-likeness (QED) is 0.347. The first kappa shape index (κ1) is 22.9. The van der Waals surface area contributed by atoms with Gasteiger partial charge in [-0.1, -0.05) is 93.2 Å². The second-order valence-corrected chi connectivity index (χ2v) is 9.86. The van der Waals surface area contributed by atoms with Crippen molar-refractivity contribution in [3.63, 3.8) is 0 Å². The van der Waals surface area contributed by atoms with Gasteiger partial charge in [0.1, 0.15) is 0 Å². The number of aromatic nitrogens is 3. The van der Waals surface area contributed by atoms with E-state index in [2.05, 4.69) is 60.6 Å². The number of nitrogens with zero attached hydrogens (tertiary/aromatic N) is 3. The van der Waals surface area contributed by atoms with Gasteiger partial charge in [-0.15, -0.1) is 10.2 Å². The molecule has 0 fully saturated rings. The molecule has 33 heavy (non-hydrogen) atoms. The number of thioether (sulfide) groups is 1. The highest BCUT2D eigenvalue weighted by Crippen LogP contribution is 2.33. The van der Waals surface area contributed by atoms with Gasteiger partial charge in [-0.2, -0.15) is 0 Å². The van der Waals surface area contributed by atoms with E-state index in [-0.39, 0.29) is 23.1 Å². The van der Waals surface area contributed by atoms with Gasteiger partial charge in [-0.3, -0.25) is 9.36 Å². The van der Waals surface area contributed by atoms with Crippen molar-refractivity contribution in [2.75, 3.05) is 5.75 Å². The fraction of sp³-hybridized carbons (Fsp3) is 0.269. The van der Waals surface area contributed by atoms with Crippen molar-refractivity contribution in [1.82, 2.24) is 20.1 Å². The Kier molecular flexibility index (Phi) is 6.99. The van der Waals surface area contributed by atoms with Crippen LogP contribution in [0.5, 0.6) is 0 Å². The highest BCUT2D eigenvalue weighted by molar-refractivity contribution is 7.99. The predicted molar refractivity (Wildman–Crippen MR) is 131 cm³/mol. The van der Waals surface area contributed by atoms with Gasteiger partial charge in [-0.05, 0) is 28.7 Å². The summed E-state index contributed by atoms with van der Waals surface area (Å²) in [5, 5.41) is 12.6. The molecule has 2 heterocycles. The first-order valence-corrected chi connectivity index (χ1v) is 11.9. The van der Waals surface area contributed by atoms with Gasteiger partial charge in [0.2, 0.25) is 11.7 Å². The van der Waals surface area contributed by atoms with E-state index in [4.69, 9.17) is 4.42 Å². The van der Waals surface area contributed by atoms with E-state index in [0.717, 1.165) is 11.1 Å². The lowest BCUT2D eigenvalue weighted by Crippen LogP contribution is -2.37. The molecule has 0 spiro atoms. The zero-order valence-electron chi connectivity index (χ0n) is 19.1. The third kappa shape index (κ3) is 5.73. The van der Waals surface area contributed by atoms with E-state index in [9.17, 15) is 4.79 Å². The number of hydrogen-bond acceptors (Lipinski definition) is 5. The molecule has 1 unspecified atom stereocenters. The van der Waals surface area contributed by atoms with E-state index >= 15 is 0 Å². The highest BCUT2D eigenvalue weighted by Gasteiger charge is 2.28. The van der Waals surface area contributed by atoms with Crippen LogP contribution >= 0.6 is 11.8 Å². The van der Waals surface area contributed by atoms with Crippen molar-refractivity contribution in [3.8, 4) is 11.6 Å². The summed E-state index contributed by atoms with van der Waals surface area (Å²) >= 11 is 1.38. The van der Waals surface area contributed by atoms with Gasteiger partial charge in [0.25, 0.3) is 0 Å². The second kappa shape index (κ2) is 10.1. The first-order chi connectivity index (χ1) is 15.9. The van der Waals surface area contributed by atoms with E-state index in [1.807, 2.05) is 53.1 Å². The smallest absolute Gasteiger partial charge is 0.230 e. The largest absolute Gasteiger partial charge is 0.461 e. The van der Waals surface area contributed by atoms with Gasteiger partial charge in [0.15, 0.2) is 10.9 Å². The van der Waals surface area contributed by atoms with E-state index in [1.165, 1.54) is 11.8 Å². The van der Waals surface area contributed by atoms with Gasteiger partial charge < -0.3 is 9.73 Å². The number of carbonyl (C=O) groups is 1. The average molecular weight is 461 g/mol. The van der Waals surface area contributed by atoms with E-state index in [1.54, 1.807) is 6.26 Å². The summed E-state index contributed by atoms with van der Waals surface area (Å²) < 4.78 is 7.55. The minimum absolute atomic E-state index is 0.0439. The fourth-order valence-electron chi connectivity index (χ4n) is 3.67. The first-order valence-electron chi connectivity index (χ1n) is 10.9. The molecule has 0 saturated heterocycles. The molecule has 1 N–H and O–H groups in total. The molecular formula is C26H28N4O2S. The van der Waals surface area contributed by atoms with E-state index < -0.39 is 0 Å². The summed E-state index contributed by atoms with van der Waals surface area (Å²) in [6.07, 6.45) is 1.62. The van der Waals surface area contributed by atoms with Crippen molar-refractivity contribution < 1.29 is 9.21 Å².